The van der Waals surface area contributed by atoms with Crippen molar-refractivity contribution in [3.8, 4) is 5.75 Å². The van der Waals surface area contributed by atoms with Gasteiger partial charge in [0.25, 0.3) is 5.91 Å². The Morgan fingerprint density at radius 2 is 1.85 bits per heavy atom. The first-order chi connectivity index (χ1) is 12.8. The van der Waals surface area contributed by atoms with Crippen LogP contribution in [0.15, 0.2) is 24.3 Å². The van der Waals surface area contributed by atoms with Crippen LogP contribution in [-0.2, 0) is 4.79 Å². The zero-order chi connectivity index (χ0) is 19.6. The molecule has 3 rings (SSSR count). The van der Waals surface area contributed by atoms with Crippen LogP contribution in [0.25, 0.3) is 0 Å². The molecule has 2 fully saturated rings. The summed E-state index contributed by atoms with van der Waals surface area (Å²) in [5, 5.41) is 3.69. The van der Waals surface area contributed by atoms with E-state index < -0.39 is 5.54 Å². The van der Waals surface area contributed by atoms with Gasteiger partial charge in [-0.3, -0.25) is 9.69 Å². The number of halogens is 1. The second-order valence-electron chi connectivity index (χ2n) is 7.79. The molecule has 1 spiro atoms. The number of imide groups is 1. The van der Waals surface area contributed by atoms with Gasteiger partial charge in [-0.05, 0) is 56.0 Å². The SMILES string of the molecule is C[C@H]1CCC[C@H](C)C12NC(=O)N(CN(C)CCOc1ccc(Cl)cc1)C2=O. The summed E-state index contributed by atoms with van der Waals surface area (Å²) >= 11 is 5.86. The number of nitrogens with one attached hydrogen (secondary N) is 1. The van der Waals surface area contributed by atoms with Gasteiger partial charge in [0, 0.05) is 11.6 Å². The molecule has 0 radical (unpaired) electrons. The van der Waals surface area contributed by atoms with Crippen LogP contribution in [-0.4, -0.2) is 54.1 Å². The molecule has 148 valence electrons. The molecule has 7 heteroatoms. The van der Waals surface area contributed by atoms with Crippen LogP contribution in [0, 0.1) is 11.8 Å². The molecule has 1 aromatic carbocycles. The fraction of sp³-hybridized carbons (Fsp3) is 0.600. The van der Waals surface area contributed by atoms with Crippen molar-refractivity contribution >= 4 is 23.5 Å². The molecule has 0 unspecified atom stereocenters. The maximum atomic E-state index is 13.1. The smallest absolute Gasteiger partial charge is 0.326 e. The van der Waals surface area contributed by atoms with Gasteiger partial charge in [0.2, 0.25) is 0 Å². The van der Waals surface area contributed by atoms with E-state index in [0.29, 0.717) is 18.2 Å². The summed E-state index contributed by atoms with van der Waals surface area (Å²) < 4.78 is 5.69. The van der Waals surface area contributed by atoms with Crippen molar-refractivity contribution in [2.45, 2.75) is 38.6 Å². The van der Waals surface area contributed by atoms with Crippen LogP contribution in [0.4, 0.5) is 4.79 Å². The van der Waals surface area contributed by atoms with Gasteiger partial charge < -0.3 is 10.1 Å². The van der Waals surface area contributed by atoms with Gasteiger partial charge >= 0.3 is 6.03 Å². The van der Waals surface area contributed by atoms with Crippen LogP contribution in [0.5, 0.6) is 5.75 Å². The Balaban J connectivity index is 1.56. The molecule has 1 saturated carbocycles. The van der Waals surface area contributed by atoms with E-state index in [9.17, 15) is 9.59 Å². The minimum atomic E-state index is -0.740. The first-order valence-electron chi connectivity index (χ1n) is 9.55. The Morgan fingerprint density at radius 1 is 1.22 bits per heavy atom. The third-order valence-corrected chi connectivity index (χ3v) is 6.18. The lowest BCUT2D eigenvalue weighted by molar-refractivity contribution is -0.137. The molecule has 1 saturated heterocycles. The second-order valence-corrected chi connectivity index (χ2v) is 8.23. The molecule has 27 heavy (non-hydrogen) atoms. The van der Waals surface area contributed by atoms with Crippen LogP contribution >= 0.6 is 11.6 Å². The first-order valence-corrected chi connectivity index (χ1v) is 9.93. The summed E-state index contributed by atoms with van der Waals surface area (Å²) in [6.45, 7) is 5.45. The molecule has 2 atom stereocenters. The lowest BCUT2D eigenvalue weighted by Gasteiger charge is -2.42. The number of carbonyl (C=O) groups is 2. The van der Waals surface area contributed by atoms with Crippen molar-refractivity contribution < 1.29 is 14.3 Å². The molecule has 3 amide bonds. The van der Waals surface area contributed by atoms with E-state index >= 15 is 0 Å². The Bertz CT molecular complexity index is 684. The fourth-order valence-corrected chi connectivity index (χ4v) is 4.37. The number of nitrogens with zero attached hydrogens (tertiary/aromatic N) is 2. The van der Waals surface area contributed by atoms with Crippen molar-refractivity contribution in [1.29, 1.82) is 0 Å². The standard InChI is InChI=1S/C20H28ClN3O3/c1-14-5-4-6-15(2)20(14)18(25)24(19(26)22-20)13-23(3)11-12-27-17-9-7-16(21)8-10-17/h7-10,14-15H,4-6,11-13H2,1-3H3,(H,22,26)/t14-,15-/m0/s1. The third kappa shape index (κ3) is 3.92. The minimum Gasteiger partial charge on any atom is -0.492 e. The van der Waals surface area contributed by atoms with E-state index in [4.69, 9.17) is 16.3 Å². The predicted octanol–water partition coefficient (Wildman–Crippen LogP) is 3.35. The number of benzene rings is 1. The van der Waals surface area contributed by atoms with Gasteiger partial charge in [-0.15, -0.1) is 0 Å². The fourth-order valence-electron chi connectivity index (χ4n) is 4.24. The Kier molecular flexibility index (Phi) is 5.96. The maximum absolute atomic E-state index is 13.1. The normalized spacial score (nSPS) is 24.6. The van der Waals surface area contributed by atoms with E-state index in [1.165, 1.54) is 4.90 Å². The van der Waals surface area contributed by atoms with Crippen molar-refractivity contribution in [2.75, 3.05) is 26.9 Å². The van der Waals surface area contributed by atoms with Gasteiger partial charge in [0.15, 0.2) is 0 Å². The summed E-state index contributed by atoms with van der Waals surface area (Å²) in [5.74, 6) is 0.965. The van der Waals surface area contributed by atoms with Crippen LogP contribution in [0.2, 0.25) is 5.02 Å². The summed E-state index contributed by atoms with van der Waals surface area (Å²) in [7, 11) is 1.88. The second kappa shape index (κ2) is 8.07. The average Bonchev–Trinajstić information content (AvgIpc) is 2.87. The Morgan fingerprint density at radius 3 is 2.48 bits per heavy atom. The summed E-state index contributed by atoms with van der Waals surface area (Å²) in [5.41, 5.74) is -0.740. The number of rotatable bonds is 6. The summed E-state index contributed by atoms with van der Waals surface area (Å²) in [6.07, 6.45) is 3.04. The minimum absolute atomic E-state index is 0.0855. The molecule has 1 N–H and O–H groups in total. The molecule has 2 aliphatic rings. The van der Waals surface area contributed by atoms with Gasteiger partial charge in [-0.25, -0.2) is 9.69 Å². The molecule has 1 heterocycles. The maximum Gasteiger partial charge on any atom is 0.326 e. The van der Waals surface area contributed by atoms with Crippen LogP contribution < -0.4 is 10.1 Å². The highest BCUT2D eigenvalue weighted by atomic mass is 35.5. The van der Waals surface area contributed by atoms with Gasteiger partial charge in [-0.1, -0.05) is 31.9 Å². The average molecular weight is 394 g/mol. The topological polar surface area (TPSA) is 61.9 Å². The van der Waals surface area contributed by atoms with Crippen molar-refractivity contribution in [3.05, 3.63) is 29.3 Å². The predicted molar refractivity (Wildman–Crippen MR) is 105 cm³/mol. The molecule has 0 bridgehead atoms. The number of amides is 3. The number of urea groups is 1. The van der Waals surface area contributed by atoms with E-state index in [1.54, 1.807) is 12.1 Å². The molecule has 1 aromatic rings. The van der Waals surface area contributed by atoms with Gasteiger partial charge in [0.05, 0.1) is 6.67 Å². The number of ether oxygens (including phenoxy) is 1. The number of likely N-dealkylation sites (N-methyl/N-ethyl adjacent to an activating group) is 1. The third-order valence-electron chi connectivity index (χ3n) is 5.93. The Hall–Kier alpha value is -1.79. The molecular formula is C20H28ClN3O3. The lowest BCUT2D eigenvalue weighted by Crippen LogP contribution is -2.59. The summed E-state index contributed by atoms with van der Waals surface area (Å²) in [6, 6.07) is 6.90. The zero-order valence-corrected chi connectivity index (χ0v) is 17.0. The van der Waals surface area contributed by atoms with E-state index in [1.807, 2.05) is 24.1 Å². The van der Waals surface area contributed by atoms with Crippen molar-refractivity contribution in [2.24, 2.45) is 11.8 Å². The molecule has 1 aliphatic heterocycles. The van der Waals surface area contributed by atoms with Crippen LogP contribution in [0.1, 0.15) is 33.1 Å². The van der Waals surface area contributed by atoms with Crippen molar-refractivity contribution in [3.63, 3.8) is 0 Å². The monoisotopic (exact) mass is 393 g/mol. The number of carbonyl (C=O) groups excluding carboxylic acids is 2. The van der Waals surface area contributed by atoms with E-state index in [-0.39, 0.29) is 30.4 Å². The highest BCUT2D eigenvalue weighted by Crippen LogP contribution is 2.42. The number of hydrogen-bond acceptors (Lipinski definition) is 4. The van der Waals surface area contributed by atoms with Gasteiger partial charge in [-0.2, -0.15) is 0 Å². The van der Waals surface area contributed by atoms with Gasteiger partial charge in [0.1, 0.15) is 17.9 Å². The molecule has 6 nitrogen and oxygen atoms in total. The largest absolute Gasteiger partial charge is 0.492 e. The molecule has 0 aromatic heterocycles. The number of hydrogen-bond donors (Lipinski definition) is 1. The quantitative estimate of drug-likeness (QED) is 0.753. The van der Waals surface area contributed by atoms with Crippen LogP contribution in [0.3, 0.4) is 0 Å². The highest BCUT2D eigenvalue weighted by molar-refractivity contribution is 6.30. The lowest BCUT2D eigenvalue weighted by atomic mass is 9.67. The Labute approximate surface area is 165 Å². The summed E-state index contributed by atoms with van der Waals surface area (Å²) in [4.78, 5) is 29.0. The van der Waals surface area contributed by atoms with E-state index in [0.717, 1.165) is 25.0 Å². The van der Waals surface area contributed by atoms with Crippen molar-refractivity contribution in [1.82, 2.24) is 15.1 Å². The highest BCUT2D eigenvalue weighted by Gasteiger charge is 2.58. The molecular weight excluding hydrogens is 366 g/mol. The van der Waals surface area contributed by atoms with E-state index in [2.05, 4.69) is 19.2 Å². The first kappa shape index (κ1) is 20.0. The zero-order valence-electron chi connectivity index (χ0n) is 16.2. The molecule has 1 aliphatic carbocycles.